The lowest BCUT2D eigenvalue weighted by atomic mass is 9.75. The molecule has 2 aliphatic rings. The zero-order valence-electron chi connectivity index (χ0n) is 18.6. The maximum Gasteiger partial charge on any atom is 0.155 e. The number of hydrogen-bond acceptors (Lipinski definition) is 5. The summed E-state index contributed by atoms with van der Waals surface area (Å²) in [6, 6.07) is 14.7. The number of aromatic nitrogens is 3. The van der Waals surface area contributed by atoms with E-state index >= 15 is 0 Å². The molecule has 1 aromatic carbocycles. The van der Waals surface area contributed by atoms with Gasteiger partial charge in [-0.25, -0.2) is 9.98 Å². The quantitative estimate of drug-likeness (QED) is 0.605. The Hall–Kier alpha value is -3.08. The minimum absolute atomic E-state index is 0.126. The summed E-state index contributed by atoms with van der Waals surface area (Å²) in [6.07, 6.45) is 5.75. The van der Waals surface area contributed by atoms with Crippen LogP contribution >= 0.6 is 0 Å². The molecule has 31 heavy (non-hydrogen) atoms. The van der Waals surface area contributed by atoms with Crippen LogP contribution < -0.4 is 4.90 Å². The van der Waals surface area contributed by atoms with Crippen LogP contribution in [0.1, 0.15) is 47.7 Å². The highest BCUT2D eigenvalue weighted by atomic mass is 15.3. The first-order valence-corrected chi connectivity index (χ1v) is 11.2. The van der Waals surface area contributed by atoms with E-state index in [0.29, 0.717) is 0 Å². The van der Waals surface area contributed by atoms with Crippen molar-refractivity contribution in [2.75, 3.05) is 18.0 Å². The number of aliphatic imine (C=N–C) groups is 1. The van der Waals surface area contributed by atoms with Gasteiger partial charge in [0.1, 0.15) is 0 Å². The summed E-state index contributed by atoms with van der Waals surface area (Å²) in [5.41, 5.74) is 7.52. The van der Waals surface area contributed by atoms with E-state index in [1.54, 1.807) is 0 Å². The van der Waals surface area contributed by atoms with Crippen LogP contribution in [0.4, 0.5) is 11.6 Å². The van der Waals surface area contributed by atoms with Gasteiger partial charge < -0.3 is 4.90 Å². The second-order valence-corrected chi connectivity index (χ2v) is 9.15. The maximum atomic E-state index is 4.89. The standard InChI is InChI=1S/C26H29N5/c1-18-19(2)25(30-29-22(18)16-20-8-5-4-6-9-20)31-14-11-26(3,12-15-31)23-17-21-10-7-13-27-24(21)28-23/h4-10,13H,11-12,14-17H2,1-3H3. The van der Waals surface area contributed by atoms with Crippen LogP contribution in [0.15, 0.2) is 53.7 Å². The predicted molar refractivity (Wildman–Crippen MR) is 125 cm³/mol. The van der Waals surface area contributed by atoms with Gasteiger partial charge in [-0.05, 0) is 49.4 Å². The summed E-state index contributed by atoms with van der Waals surface area (Å²) in [4.78, 5) is 11.7. The fraction of sp³-hybridized carbons (Fsp3) is 0.385. The Morgan fingerprint density at radius 2 is 1.71 bits per heavy atom. The third kappa shape index (κ3) is 3.73. The molecule has 0 atom stereocenters. The SMILES string of the molecule is Cc1c(Cc2ccccc2)nnc(N2CCC(C)(C3=Nc4ncccc4C3)CC2)c1C. The second kappa shape index (κ2) is 7.88. The van der Waals surface area contributed by atoms with Gasteiger partial charge >= 0.3 is 0 Å². The number of benzene rings is 1. The number of hydrogen-bond donors (Lipinski definition) is 0. The van der Waals surface area contributed by atoms with Crippen LogP contribution in [0.5, 0.6) is 0 Å². The summed E-state index contributed by atoms with van der Waals surface area (Å²) in [5.74, 6) is 1.95. The lowest BCUT2D eigenvalue weighted by Gasteiger charge is -2.40. The highest BCUT2D eigenvalue weighted by Gasteiger charge is 2.37. The highest BCUT2D eigenvalue weighted by Crippen LogP contribution is 2.40. The van der Waals surface area contributed by atoms with E-state index in [-0.39, 0.29) is 5.41 Å². The fourth-order valence-corrected chi connectivity index (χ4v) is 4.77. The number of fused-ring (bicyclic) bond motifs is 1. The fourth-order valence-electron chi connectivity index (χ4n) is 4.77. The van der Waals surface area contributed by atoms with Gasteiger partial charge in [-0.2, -0.15) is 5.10 Å². The van der Waals surface area contributed by atoms with Gasteiger partial charge in [0.15, 0.2) is 11.6 Å². The van der Waals surface area contributed by atoms with Crippen molar-refractivity contribution in [3.8, 4) is 0 Å². The number of pyridine rings is 1. The molecule has 1 fully saturated rings. The lowest BCUT2D eigenvalue weighted by molar-refractivity contribution is 0.351. The van der Waals surface area contributed by atoms with Crippen molar-refractivity contribution in [1.82, 2.24) is 15.2 Å². The molecule has 158 valence electrons. The van der Waals surface area contributed by atoms with Crippen LogP contribution in [0.25, 0.3) is 0 Å². The van der Waals surface area contributed by atoms with E-state index in [2.05, 4.69) is 71.2 Å². The molecule has 5 rings (SSSR count). The highest BCUT2D eigenvalue weighted by molar-refractivity contribution is 5.97. The van der Waals surface area contributed by atoms with Crippen LogP contribution in [-0.4, -0.2) is 34.0 Å². The van der Waals surface area contributed by atoms with Crippen LogP contribution in [-0.2, 0) is 12.8 Å². The Labute approximate surface area is 184 Å². The normalized spacial score (nSPS) is 17.4. The zero-order valence-corrected chi connectivity index (χ0v) is 18.6. The van der Waals surface area contributed by atoms with Crippen molar-refractivity contribution in [3.05, 3.63) is 76.6 Å². The Bertz CT molecular complexity index is 1130. The summed E-state index contributed by atoms with van der Waals surface area (Å²) in [7, 11) is 0. The molecule has 0 saturated carbocycles. The molecule has 0 spiro atoms. The Balaban J connectivity index is 1.30. The van der Waals surface area contributed by atoms with Crippen molar-refractivity contribution < 1.29 is 0 Å². The molecule has 2 aromatic heterocycles. The summed E-state index contributed by atoms with van der Waals surface area (Å²) >= 11 is 0. The van der Waals surface area contributed by atoms with Crippen molar-refractivity contribution in [2.45, 2.75) is 46.5 Å². The molecule has 3 aromatic rings. The number of anilines is 1. The molecule has 5 nitrogen and oxygen atoms in total. The first-order valence-electron chi connectivity index (χ1n) is 11.2. The van der Waals surface area contributed by atoms with E-state index in [4.69, 9.17) is 4.99 Å². The summed E-state index contributed by atoms with van der Waals surface area (Å²) in [6.45, 7) is 8.68. The molecule has 0 unspecified atom stereocenters. The van der Waals surface area contributed by atoms with Gasteiger partial charge in [0.05, 0.1) is 5.69 Å². The van der Waals surface area contributed by atoms with Crippen LogP contribution in [0, 0.1) is 19.3 Å². The van der Waals surface area contributed by atoms with Crippen molar-refractivity contribution in [1.29, 1.82) is 0 Å². The molecule has 0 aliphatic carbocycles. The number of nitrogens with zero attached hydrogens (tertiary/aromatic N) is 5. The molecular weight excluding hydrogens is 382 g/mol. The minimum Gasteiger partial charge on any atom is -0.355 e. The van der Waals surface area contributed by atoms with Crippen LogP contribution in [0.2, 0.25) is 0 Å². The Morgan fingerprint density at radius 1 is 0.935 bits per heavy atom. The number of rotatable bonds is 4. The molecule has 1 saturated heterocycles. The first-order chi connectivity index (χ1) is 15.0. The summed E-state index contributed by atoms with van der Waals surface area (Å²) in [5, 5.41) is 9.30. The second-order valence-electron chi connectivity index (χ2n) is 9.15. The maximum absolute atomic E-state index is 4.89. The lowest BCUT2D eigenvalue weighted by Crippen LogP contribution is -2.43. The van der Waals surface area contributed by atoms with E-state index in [0.717, 1.165) is 56.1 Å². The Kier molecular flexibility index (Phi) is 5.05. The van der Waals surface area contributed by atoms with Gasteiger partial charge in [0.25, 0.3) is 0 Å². The Morgan fingerprint density at radius 3 is 2.45 bits per heavy atom. The average molecular weight is 412 g/mol. The summed E-state index contributed by atoms with van der Waals surface area (Å²) < 4.78 is 0. The smallest absolute Gasteiger partial charge is 0.155 e. The molecule has 5 heteroatoms. The van der Waals surface area contributed by atoms with Crippen molar-refractivity contribution in [2.24, 2.45) is 10.4 Å². The van der Waals surface area contributed by atoms with E-state index in [1.807, 2.05) is 18.3 Å². The van der Waals surface area contributed by atoms with Crippen LogP contribution in [0.3, 0.4) is 0 Å². The van der Waals surface area contributed by atoms with E-state index in [1.165, 1.54) is 28.0 Å². The van der Waals surface area contributed by atoms with E-state index < -0.39 is 0 Å². The van der Waals surface area contributed by atoms with Gasteiger partial charge in [-0.15, -0.1) is 5.10 Å². The molecule has 0 N–H and O–H groups in total. The number of piperidine rings is 1. The van der Waals surface area contributed by atoms with Gasteiger partial charge in [-0.1, -0.05) is 43.3 Å². The molecule has 4 heterocycles. The topological polar surface area (TPSA) is 54.3 Å². The van der Waals surface area contributed by atoms with E-state index in [9.17, 15) is 0 Å². The van der Waals surface area contributed by atoms with Gasteiger partial charge in [0, 0.05) is 48.8 Å². The average Bonchev–Trinajstić information content (AvgIpc) is 3.24. The molecular formula is C26H29N5. The first kappa shape index (κ1) is 19.9. The van der Waals surface area contributed by atoms with Gasteiger partial charge in [-0.3, -0.25) is 0 Å². The molecule has 0 amide bonds. The van der Waals surface area contributed by atoms with Crippen molar-refractivity contribution in [3.63, 3.8) is 0 Å². The van der Waals surface area contributed by atoms with Gasteiger partial charge in [0.2, 0.25) is 0 Å². The van der Waals surface area contributed by atoms with Crippen molar-refractivity contribution >= 4 is 17.3 Å². The predicted octanol–water partition coefficient (Wildman–Crippen LogP) is 5.01. The minimum atomic E-state index is 0.126. The largest absolute Gasteiger partial charge is 0.355 e. The third-order valence-electron chi connectivity index (χ3n) is 7.14. The molecule has 0 bridgehead atoms. The zero-order chi connectivity index (χ0) is 21.4. The third-order valence-corrected chi connectivity index (χ3v) is 7.14. The monoisotopic (exact) mass is 411 g/mol. The molecule has 2 aliphatic heterocycles. The molecule has 0 radical (unpaired) electrons.